The number of nitrogens with zero attached hydrogens (tertiary/aromatic N) is 1. The van der Waals surface area contributed by atoms with Crippen LogP contribution >= 0.6 is 23.2 Å². The number of halogens is 2. The van der Waals surface area contributed by atoms with E-state index >= 15 is 0 Å². The van der Waals surface area contributed by atoms with Crippen molar-refractivity contribution in [2.24, 2.45) is 0 Å². The van der Waals surface area contributed by atoms with Gasteiger partial charge in [0.2, 0.25) is 11.8 Å². The Bertz CT molecular complexity index is 890. The highest BCUT2D eigenvalue weighted by Crippen LogP contribution is 2.27. The van der Waals surface area contributed by atoms with Gasteiger partial charge in [0.25, 0.3) is 0 Å². The molecule has 174 valence electrons. The largest absolute Gasteiger partial charge is 0.352 e. The summed E-state index contributed by atoms with van der Waals surface area (Å²) in [4.78, 5) is 27.9. The van der Waals surface area contributed by atoms with Gasteiger partial charge in [-0.15, -0.1) is 0 Å². The van der Waals surface area contributed by atoms with Gasteiger partial charge in [0, 0.05) is 34.6 Å². The summed E-state index contributed by atoms with van der Waals surface area (Å²) in [6.07, 6.45) is 1.40. The van der Waals surface area contributed by atoms with Crippen LogP contribution in [0.25, 0.3) is 0 Å². The van der Waals surface area contributed by atoms with E-state index in [4.69, 9.17) is 23.2 Å². The summed E-state index contributed by atoms with van der Waals surface area (Å²) < 4.78 is 0. The Hall–Kier alpha value is -2.04. The average molecular weight is 477 g/mol. The normalized spacial score (nSPS) is 12.2. The second-order valence-corrected chi connectivity index (χ2v) is 9.52. The van der Waals surface area contributed by atoms with E-state index in [0.717, 1.165) is 5.56 Å². The molecule has 0 fully saturated rings. The van der Waals surface area contributed by atoms with Gasteiger partial charge in [-0.25, -0.2) is 0 Å². The second kappa shape index (κ2) is 12.3. The molecule has 2 rings (SSSR count). The van der Waals surface area contributed by atoms with Gasteiger partial charge in [0.05, 0.1) is 0 Å². The molecule has 0 saturated heterocycles. The lowest BCUT2D eigenvalue weighted by molar-refractivity contribution is -0.141. The average Bonchev–Trinajstić information content (AvgIpc) is 2.73. The molecule has 2 aromatic rings. The zero-order valence-electron chi connectivity index (χ0n) is 19.6. The van der Waals surface area contributed by atoms with E-state index in [1.54, 1.807) is 23.1 Å². The number of hydrogen-bond acceptors (Lipinski definition) is 2. The smallest absolute Gasteiger partial charge is 0.243 e. The highest BCUT2D eigenvalue weighted by atomic mass is 35.5. The topological polar surface area (TPSA) is 49.4 Å². The van der Waals surface area contributed by atoms with E-state index in [9.17, 15) is 9.59 Å². The summed E-state index contributed by atoms with van der Waals surface area (Å²) in [6.45, 7) is 10.2. The molecule has 0 aromatic heterocycles. The van der Waals surface area contributed by atoms with Gasteiger partial charge in [-0.2, -0.15) is 0 Å². The van der Waals surface area contributed by atoms with Crippen molar-refractivity contribution in [1.29, 1.82) is 0 Å². The van der Waals surface area contributed by atoms with Crippen molar-refractivity contribution >= 4 is 35.0 Å². The molecular weight excluding hydrogens is 443 g/mol. The Morgan fingerprint density at radius 3 is 2.06 bits per heavy atom. The molecule has 0 spiro atoms. The van der Waals surface area contributed by atoms with Crippen LogP contribution < -0.4 is 5.32 Å². The van der Waals surface area contributed by atoms with Crippen molar-refractivity contribution in [3.63, 3.8) is 0 Å². The molecule has 2 aromatic carbocycles. The first-order chi connectivity index (χ1) is 15.1. The number of amides is 2. The minimum absolute atomic E-state index is 0.0168. The number of aryl methyl sites for hydroxylation is 1. The molecule has 2 amide bonds. The van der Waals surface area contributed by atoms with E-state index in [1.807, 2.05) is 20.8 Å². The number of rotatable bonds is 10. The molecule has 6 heteroatoms. The molecule has 0 aliphatic heterocycles. The fourth-order valence-electron chi connectivity index (χ4n) is 3.62. The third-order valence-electron chi connectivity index (χ3n) is 5.48. The quantitative estimate of drug-likeness (QED) is 0.432. The molecule has 0 unspecified atom stereocenters. The fraction of sp³-hybridized carbons (Fsp3) is 0.462. The molecule has 0 radical (unpaired) electrons. The van der Waals surface area contributed by atoms with Crippen LogP contribution in [-0.4, -0.2) is 28.8 Å². The van der Waals surface area contributed by atoms with Gasteiger partial charge >= 0.3 is 0 Å². The van der Waals surface area contributed by atoms with Gasteiger partial charge in [0.1, 0.15) is 6.04 Å². The molecule has 1 atom stereocenters. The third kappa shape index (κ3) is 7.25. The SMILES string of the molecule is CC[C@H](C(=O)NC(C)C)N(Cc1c(Cl)cccc1Cl)C(=O)CCc1ccc(C(C)C)cc1. The lowest BCUT2D eigenvalue weighted by atomic mass is 10.00. The number of benzene rings is 2. The Morgan fingerprint density at radius 2 is 1.56 bits per heavy atom. The van der Waals surface area contributed by atoms with Crippen LogP contribution in [0.4, 0.5) is 0 Å². The lowest BCUT2D eigenvalue weighted by Crippen LogP contribution is -2.50. The molecule has 0 aliphatic rings. The van der Waals surface area contributed by atoms with Crippen LogP contribution in [0.15, 0.2) is 42.5 Å². The van der Waals surface area contributed by atoms with Crippen LogP contribution in [0.1, 0.15) is 70.1 Å². The molecule has 0 saturated carbocycles. The van der Waals surface area contributed by atoms with E-state index < -0.39 is 6.04 Å². The van der Waals surface area contributed by atoms with Crippen LogP contribution in [-0.2, 0) is 22.6 Å². The molecule has 4 nitrogen and oxygen atoms in total. The van der Waals surface area contributed by atoms with Crippen LogP contribution in [0, 0.1) is 0 Å². The monoisotopic (exact) mass is 476 g/mol. The molecule has 0 heterocycles. The zero-order chi connectivity index (χ0) is 23.8. The van der Waals surface area contributed by atoms with E-state index in [2.05, 4.69) is 43.4 Å². The Balaban J connectivity index is 2.25. The maximum atomic E-state index is 13.4. The van der Waals surface area contributed by atoms with Gasteiger partial charge in [-0.1, -0.05) is 74.3 Å². The standard InChI is InChI=1S/C26H34Cl2N2O2/c1-6-24(26(32)29-18(4)5)30(16-21-22(27)8-7-9-23(21)28)25(31)15-12-19-10-13-20(14-11-19)17(2)3/h7-11,13-14,17-18,24H,6,12,15-16H2,1-5H3,(H,29,32)/t24-/m1/s1. The van der Waals surface area contributed by atoms with Gasteiger partial charge < -0.3 is 10.2 Å². The molecule has 1 N–H and O–H groups in total. The lowest BCUT2D eigenvalue weighted by Gasteiger charge is -2.31. The highest BCUT2D eigenvalue weighted by molar-refractivity contribution is 6.36. The van der Waals surface area contributed by atoms with Crippen molar-refractivity contribution in [1.82, 2.24) is 10.2 Å². The van der Waals surface area contributed by atoms with Crippen LogP contribution in [0.3, 0.4) is 0 Å². The summed E-state index contributed by atoms with van der Waals surface area (Å²) in [5.74, 6) is 0.200. The Morgan fingerprint density at radius 1 is 0.969 bits per heavy atom. The molecule has 0 bridgehead atoms. The Kier molecular flexibility index (Phi) is 10.0. The third-order valence-corrected chi connectivity index (χ3v) is 6.19. The fourth-order valence-corrected chi connectivity index (χ4v) is 4.13. The number of hydrogen-bond donors (Lipinski definition) is 1. The summed E-state index contributed by atoms with van der Waals surface area (Å²) >= 11 is 12.8. The summed E-state index contributed by atoms with van der Waals surface area (Å²) in [5, 5.41) is 3.91. The van der Waals surface area contributed by atoms with Crippen molar-refractivity contribution in [3.05, 3.63) is 69.2 Å². The predicted molar refractivity (Wildman–Crippen MR) is 133 cm³/mol. The summed E-state index contributed by atoms with van der Waals surface area (Å²) in [5.41, 5.74) is 3.02. The maximum Gasteiger partial charge on any atom is 0.243 e. The first-order valence-electron chi connectivity index (χ1n) is 11.3. The summed E-state index contributed by atoms with van der Waals surface area (Å²) in [6, 6.07) is 13.0. The number of nitrogens with one attached hydrogen (secondary N) is 1. The van der Waals surface area contributed by atoms with Crippen molar-refractivity contribution < 1.29 is 9.59 Å². The van der Waals surface area contributed by atoms with Gasteiger partial charge in [0.15, 0.2) is 0 Å². The molecular formula is C26H34Cl2N2O2. The first kappa shape index (κ1) is 26.2. The number of carbonyl (C=O) groups excluding carboxylic acids is 2. The minimum atomic E-state index is -0.597. The minimum Gasteiger partial charge on any atom is -0.352 e. The van der Waals surface area contributed by atoms with Crippen LogP contribution in [0.2, 0.25) is 10.0 Å². The summed E-state index contributed by atoms with van der Waals surface area (Å²) in [7, 11) is 0. The van der Waals surface area contributed by atoms with Gasteiger partial charge in [-0.3, -0.25) is 9.59 Å². The van der Waals surface area contributed by atoms with Crippen LogP contribution in [0.5, 0.6) is 0 Å². The van der Waals surface area contributed by atoms with E-state index in [0.29, 0.717) is 40.8 Å². The maximum absolute atomic E-state index is 13.4. The zero-order valence-corrected chi connectivity index (χ0v) is 21.1. The predicted octanol–water partition coefficient (Wildman–Crippen LogP) is 6.38. The Labute approximate surface area is 202 Å². The van der Waals surface area contributed by atoms with E-state index in [1.165, 1.54) is 5.56 Å². The molecule has 0 aliphatic carbocycles. The molecule has 32 heavy (non-hydrogen) atoms. The van der Waals surface area contributed by atoms with Gasteiger partial charge in [-0.05, 0) is 55.9 Å². The van der Waals surface area contributed by atoms with Crippen molar-refractivity contribution in [2.75, 3.05) is 0 Å². The first-order valence-corrected chi connectivity index (χ1v) is 12.0. The van der Waals surface area contributed by atoms with E-state index in [-0.39, 0.29) is 24.4 Å². The highest BCUT2D eigenvalue weighted by Gasteiger charge is 2.29. The van der Waals surface area contributed by atoms with Crippen molar-refractivity contribution in [3.8, 4) is 0 Å². The second-order valence-electron chi connectivity index (χ2n) is 8.71. The number of carbonyl (C=O) groups is 2. The van der Waals surface area contributed by atoms with Crippen molar-refractivity contribution in [2.45, 2.75) is 78.4 Å².